The minimum absolute atomic E-state index is 0.0794. The normalized spacial score (nSPS) is 22.9. The number of amides is 2. The highest BCUT2D eigenvalue weighted by atomic mass is 32.1. The van der Waals surface area contributed by atoms with Crippen LogP contribution in [0.5, 0.6) is 0 Å². The number of carbonyl (C=O) groups is 1. The third-order valence-corrected chi connectivity index (χ3v) is 6.70. The first kappa shape index (κ1) is 19.3. The summed E-state index contributed by atoms with van der Waals surface area (Å²) in [5.41, 5.74) is 3.25. The number of nitrogens with one attached hydrogen (secondary N) is 1. The minimum Gasteiger partial charge on any atom is -0.396 e. The van der Waals surface area contributed by atoms with E-state index in [4.69, 9.17) is 0 Å². The highest BCUT2D eigenvalue weighted by Crippen LogP contribution is 2.34. The summed E-state index contributed by atoms with van der Waals surface area (Å²) in [4.78, 5) is 17.1. The molecule has 2 amide bonds. The molecule has 1 aromatic heterocycles. The van der Waals surface area contributed by atoms with Crippen LogP contribution in [0, 0.1) is 5.92 Å². The quantitative estimate of drug-likeness (QED) is 0.803. The fourth-order valence-corrected chi connectivity index (χ4v) is 5.12. The van der Waals surface area contributed by atoms with Gasteiger partial charge < -0.3 is 20.2 Å². The van der Waals surface area contributed by atoms with Gasteiger partial charge in [-0.15, -0.1) is 0 Å². The number of hydrogen-bond acceptors (Lipinski definition) is 4. The molecular formula is C22H29N3O2S. The van der Waals surface area contributed by atoms with Crippen molar-refractivity contribution in [2.45, 2.75) is 31.6 Å². The lowest BCUT2D eigenvalue weighted by Gasteiger charge is -2.24. The third-order valence-electron chi connectivity index (χ3n) is 6.00. The van der Waals surface area contributed by atoms with E-state index in [2.05, 4.69) is 39.2 Å². The van der Waals surface area contributed by atoms with Gasteiger partial charge in [-0.2, -0.15) is 11.3 Å². The second-order valence-corrected chi connectivity index (χ2v) is 8.67. The number of thiophene rings is 1. The van der Waals surface area contributed by atoms with Crippen molar-refractivity contribution in [1.82, 2.24) is 4.90 Å². The summed E-state index contributed by atoms with van der Waals surface area (Å²) in [6.07, 6.45) is 5.08. The fraction of sp³-hybridized carbons (Fsp3) is 0.500. The molecule has 2 aliphatic rings. The van der Waals surface area contributed by atoms with E-state index in [0.29, 0.717) is 13.1 Å². The van der Waals surface area contributed by atoms with E-state index in [-0.39, 0.29) is 24.5 Å². The van der Waals surface area contributed by atoms with Crippen LogP contribution in [0.25, 0.3) is 0 Å². The van der Waals surface area contributed by atoms with Crippen molar-refractivity contribution in [3.05, 3.63) is 46.7 Å². The maximum Gasteiger partial charge on any atom is 0.321 e. The van der Waals surface area contributed by atoms with Gasteiger partial charge in [-0.1, -0.05) is 18.9 Å². The largest absolute Gasteiger partial charge is 0.396 e. The van der Waals surface area contributed by atoms with Crippen molar-refractivity contribution in [2.75, 3.05) is 43.0 Å². The molecule has 2 N–H and O–H groups in total. The molecule has 28 heavy (non-hydrogen) atoms. The zero-order valence-electron chi connectivity index (χ0n) is 16.2. The number of aliphatic hydroxyl groups excluding tert-OH is 1. The van der Waals surface area contributed by atoms with Crippen LogP contribution in [0.2, 0.25) is 0 Å². The van der Waals surface area contributed by atoms with Crippen LogP contribution in [0.15, 0.2) is 41.1 Å². The molecule has 150 valence electrons. The van der Waals surface area contributed by atoms with E-state index in [0.717, 1.165) is 18.8 Å². The Morgan fingerprint density at radius 2 is 1.96 bits per heavy atom. The standard InChI is InChI=1S/C22H29N3O2S/c26-15-18-13-25(14-21(18)17-8-11-28-16-17)22(27)23-19-6-5-7-20(12-19)24-9-3-1-2-4-10-24/h5-8,11-12,16,18,21,26H,1-4,9-10,13-15H2,(H,23,27)/t18-,21-/m0/s1. The molecule has 0 spiro atoms. The predicted molar refractivity (Wildman–Crippen MR) is 115 cm³/mol. The van der Waals surface area contributed by atoms with Gasteiger partial charge in [0.05, 0.1) is 0 Å². The van der Waals surface area contributed by atoms with Crippen LogP contribution >= 0.6 is 11.3 Å². The van der Waals surface area contributed by atoms with Gasteiger partial charge in [-0.05, 0) is 53.4 Å². The smallest absolute Gasteiger partial charge is 0.321 e. The average Bonchev–Trinajstić information content (AvgIpc) is 3.31. The number of benzene rings is 1. The van der Waals surface area contributed by atoms with Crippen LogP contribution < -0.4 is 10.2 Å². The minimum atomic E-state index is -0.0794. The summed E-state index contributed by atoms with van der Waals surface area (Å²) in [7, 11) is 0. The van der Waals surface area contributed by atoms with E-state index >= 15 is 0 Å². The van der Waals surface area contributed by atoms with E-state index in [1.165, 1.54) is 36.9 Å². The number of carbonyl (C=O) groups excluding carboxylic acids is 1. The Hall–Kier alpha value is -2.05. The van der Waals surface area contributed by atoms with Crippen molar-refractivity contribution in [2.24, 2.45) is 5.92 Å². The molecule has 5 nitrogen and oxygen atoms in total. The molecule has 0 saturated carbocycles. The van der Waals surface area contributed by atoms with Gasteiger partial charge in [-0.3, -0.25) is 0 Å². The van der Waals surface area contributed by atoms with Gasteiger partial charge in [0.2, 0.25) is 0 Å². The number of anilines is 2. The summed E-state index contributed by atoms with van der Waals surface area (Å²) in [6, 6.07) is 10.2. The lowest BCUT2D eigenvalue weighted by Crippen LogP contribution is -2.33. The van der Waals surface area contributed by atoms with Crippen LogP contribution in [-0.4, -0.2) is 48.8 Å². The Morgan fingerprint density at radius 1 is 1.14 bits per heavy atom. The Balaban J connectivity index is 1.41. The van der Waals surface area contributed by atoms with E-state index in [1.807, 2.05) is 17.0 Å². The van der Waals surface area contributed by atoms with Crippen molar-refractivity contribution in [3.8, 4) is 0 Å². The number of nitrogens with zero attached hydrogens (tertiary/aromatic N) is 2. The maximum atomic E-state index is 12.9. The van der Waals surface area contributed by atoms with E-state index in [9.17, 15) is 9.90 Å². The molecule has 0 aliphatic carbocycles. The van der Waals surface area contributed by atoms with Gasteiger partial charge in [0.1, 0.15) is 0 Å². The summed E-state index contributed by atoms with van der Waals surface area (Å²) in [6.45, 7) is 3.52. The van der Waals surface area contributed by atoms with Crippen LogP contribution in [0.1, 0.15) is 37.2 Å². The predicted octanol–water partition coefficient (Wildman–Crippen LogP) is 4.37. The van der Waals surface area contributed by atoms with Gasteiger partial charge >= 0.3 is 6.03 Å². The summed E-state index contributed by atoms with van der Waals surface area (Å²) in [5, 5.41) is 17.0. The first-order valence-corrected chi connectivity index (χ1v) is 11.2. The molecule has 0 bridgehead atoms. The van der Waals surface area contributed by atoms with Crippen molar-refractivity contribution >= 4 is 28.7 Å². The maximum absolute atomic E-state index is 12.9. The molecule has 2 atom stereocenters. The second-order valence-electron chi connectivity index (χ2n) is 7.89. The zero-order chi connectivity index (χ0) is 19.3. The first-order chi connectivity index (χ1) is 13.7. The molecule has 2 saturated heterocycles. The van der Waals surface area contributed by atoms with Crippen molar-refractivity contribution in [3.63, 3.8) is 0 Å². The van der Waals surface area contributed by atoms with E-state index < -0.39 is 0 Å². The number of rotatable bonds is 4. The Kier molecular flexibility index (Phi) is 6.17. The summed E-state index contributed by atoms with van der Waals surface area (Å²) < 4.78 is 0. The fourth-order valence-electron chi connectivity index (χ4n) is 4.40. The van der Waals surface area contributed by atoms with Crippen LogP contribution in [0.4, 0.5) is 16.2 Å². The van der Waals surface area contributed by atoms with Gasteiger partial charge in [0.15, 0.2) is 0 Å². The average molecular weight is 400 g/mol. The van der Waals surface area contributed by atoms with Gasteiger partial charge in [0.25, 0.3) is 0 Å². The van der Waals surface area contributed by atoms with Gasteiger partial charge in [0, 0.05) is 56.0 Å². The number of hydrogen-bond donors (Lipinski definition) is 2. The molecule has 2 fully saturated rings. The SMILES string of the molecule is O=C(Nc1cccc(N2CCCCCC2)c1)N1C[C@@H](CO)[C@H](c2ccsc2)C1. The Morgan fingerprint density at radius 3 is 2.68 bits per heavy atom. The van der Waals surface area contributed by atoms with Gasteiger partial charge in [-0.25, -0.2) is 4.79 Å². The molecule has 3 heterocycles. The zero-order valence-corrected chi connectivity index (χ0v) is 17.0. The number of urea groups is 1. The molecule has 0 unspecified atom stereocenters. The molecule has 2 aliphatic heterocycles. The molecule has 0 radical (unpaired) electrons. The summed E-state index contributed by atoms with van der Waals surface area (Å²) in [5.74, 6) is 0.314. The van der Waals surface area contributed by atoms with Crippen molar-refractivity contribution < 1.29 is 9.90 Å². The lowest BCUT2D eigenvalue weighted by molar-refractivity contribution is 0.207. The van der Waals surface area contributed by atoms with Crippen LogP contribution in [-0.2, 0) is 0 Å². The monoisotopic (exact) mass is 399 g/mol. The summed E-state index contributed by atoms with van der Waals surface area (Å²) >= 11 is 1.66. The van der Waals surface area contributed by atoms with Crippen molar-refractivity contribution in [1.29, 1.82) is 0 Å². The molecule has 6 heteroatoms. The highest BCUT2D eigenvalue weighted by Gasteiger charge is 2.36. The van der Waals surface area contributed by atoms with E-state index in [1.54, 1.807) is 11.3 Å². The topological polar surface area (TPSA) is 55.8 Å². The Bertz CT molecular complexity index is 772. The molecule has 1 aromatic carbocycles. The molecular weight excluding hydrogens is 370 g/mol. The molecule has 4 rings (SSSR count). The van der Waals surface area contributed by atoms with Crippen LogP contribution in [0.3, 0.4) is 0 Å². The highest BCUT2D eigenvalue weighted by molar-refractivity contribution is 7.08. The number of likely N-dealkylation sites (tertiary alicyclic amines) is 1. The first-order valence-electron chi connectivity index (χ1n) is 10.3. The number of aliphatic hydroxyl groups is 1. The second kappa shape index (κ2) is 8.97. The molecule has 2 aromatic rings. The lowest BCUT2D eigenvalue weighted by atomic mass is 9.92. The Labute approximate surface area is 171 Å². The third kappa shape index (κ3) is 4.33.